The molecule has 2 fully saturated rings. The van der Waals surface area contributed by atoms with Crippen LogP contribution in [0.1, 0.15) is 51.9 Å². The van der Waals surface area contributed by atoms with Crippen LogP contribution in [0.3, 0.4) is 0 Å². The molecular formula is C29H34O17. The molecule has 0 N–H and O–H groups in total. The van der Waals surface area contributed by atoms with E-state index in [-0.39, 0.29) is 23.7 Å². The maximum Gasteiger partial charge on any atom is 0.303 e. The van der Waals surface area contributed by atoms with Gasteiger partial charge in [0.05, 0.1) is 0 Å². The van der Waals surface area contributed by atoms with Crippen molar-refractivity contribution >= 4 is 42.1 Å². The van der Waals surface area contributed by atoms with Gasteiger partial charge in [-0.3, -0.25) is 33.6 Å². The van der Waals surface area contributed by atoms with Crippen LogP contribution >= 0.6 is 0 Å². The van der Waals surface area contributed by atoms with Gasteiger partial charge in [0.15, 0.2) is 23.7 Å². The standard InChI is InChI=1S/C29H34O17/c1-13(31)37-11-22-24(39-15(3)33)26(41-17(5)35)28(45-22)43-20-8-7-19(10-30)9-21(20)44-29-27(42-18(6)36)25(40-16(4)34)23(46-29)12-38-14(2)32/h7-10,22-29H,11-12H2,1-6H3/t22-,23-,24-,25?,26-,27?,28-,29-/m1/s1. The van der Waals surface area contributed by atoms with Crippen LogP contribution < -0.4 is 9.47 Å². The predicted molar refractivity (Wildman–Crippen MR) is 146 cm³/mol. The van der Waals surface area contributed by atoms with E-state index in [1.807, 2.05) is 0 Å². The van der Waals surface area contributed by atoms with E-state index in [2.05, 4.69) is 0 Å². The molecule has 17 heteroatoms. The lowest BCUT2D eigenvalue weighted by Crippen LogP contribution is -2.43. The van der Waals surface area contributed by atoms with Crippen LogP contribution in [0.15, 0.2) is 18.2 Å². The fraction of sp³-hybridized carbons (Fsp3) is 0.552. The highest BCUT2D eigenvalue weighted by atomic mass is 16.8. The van der Waals surface area contributed by atoms with Gasteiger partial charge in [0.2, 0.25) is 24.8 Å². The van der Waals surface area contributed by atoms with Crippen molar-refractivity contribution in [1.29, 1.82) is 0 Å². The van der Waals surface area contributed by atoms with Crippen LogP contribution in [0.5, 0.6) is 11.5 Å². The molecule has 3 rings (SSSR count). The van der Waals surface area contributed by atoms with E-state index in [9.17, 15) is 33.6 Å². The first-order valence-electron chi connectivity index (χ1n) is 13.9. The van der Waals surface area contributed by atoms with Gasteiger partial charge in [-0.1, -0.05) is 0 Å². The van der Waals surface area contributed by atoms with E-state index in [1.54, 1.807) is 0 Å². The maximum atomic E-state index is 12.0. The highest BCUT2D eigenvalue weighted by Crippen LogP contribution is 2.37. The molecule has 2 aliphatic rings. The normalized spacial score (nSPS) is 26.7. The quantitative estimate of drug-likeness (QED) is 0.161. The summed E-state index contributed by atoms with van der Waals surface area (Å²) in [6, 6.07) is 3.91. The molecule has 0 saturated carbocycles. The summed E-state index contributed by atoms with van der Waals surface area (Å²) in [6.45, 7) is 5.95. The summed E-state index contributed by atoms with van der Waals surface area (Å²) in [5.41, 5.74) is 0.104. The number of rotatable bonds is 13. The number of ether oxygens (including phenoxy) is 10. The average molecular weight is 655 g/mol. The second kappa shape index (κ2) is 16.0. The Balaban J connectivity index is 1.98. The predicted octanol–water partition coefficient (Wildman–Crippen LogP) is 0.560. The lowest BCUT2D eigenvalue weighted by atomic mass is 10.1. The molecule has 2 aliphatic heterocycles. The summed E-state index contributed by atoms with van der Waals surface area (Å²) in [5.74, 6) is -4.70. The van der Waals surface area contributed by atoms with E-state index >= 15 is 0 Å². The Morgan fingerprint density at radius 1 is 0.587 bits per heavy atom. The first-order chi connectivity index (χ1) is 21.7. The lowest BCUT2D eigenvalue weighted by molar-refractivity contribution is -0.173. The molecule has 0 aliphatic carbocycles. The Morgan fingerprint density at radius 2 is 0.978 bits per heavy atom. The van der Waals surface area contributed by atoms with Crippen molar-refractivity contribution < 1.29 is 80.9 Å². The number of carbonyl (C=O) groups excluding carboxylic acids is 7. The van der Waals surface area contributed by atoms with Gasteiger partial charge >= 0.3 is 35.8 Å². The van der Waals surface area contributed by atoms with Crippen molar-refractivity contribution in [2.24, 2.45) is 0 Å². The third-order valence-electron chi connectivity index (χ3n) is 6.23. The monoisotopic (exact) mass is 654 g/mol. The summed E-state index contributed by atoms with van der Waals surface area (Å²) in [5, 5.41) is 0. The van der Waals surface area contributed by atoms with Crippen molar-refractivity contribution in [2.45, 2.75) is 90.7 Å². The average Bonchev–Trinajstić information content (AvgIpc) is 3.42. The summed E-state index contributed by atoms with van der Waals surface area (Å²) in [7, 11) is 0. The molecular weight excluding hydrogens is 620 g/mol. The van der Waals surface area contributed by atoms with Gasteiger partial charge in [-0.25, -0.2) is 0 Å². The highest BCUT2D eigenvalue weighted by molar-refractivity contribution is 5.76. The van der Waals surface area contributed by atoms with Gasteiger partial charge in [0, 0.05) is 47.1 Å². The van der Waals surface area contributed by atoms with Crippen molar-refractivity contribution in [1.82, 2.24) is 0 Å². The van der Waals surface area contributed by atoms with Crippen molar-refractivity contribution in [3.8, 4) is 11.5 Å². The first kappa shape index (κ1) is 35.7. The van der Waals surface area contributed by atoms with Crippen molar-refractivity contribution in [3.05, 3.63) is 23.8 Å². The van der Waals surface area contributed by atoms with Crippen LogP contribution in [-0.4, -0.2) is 105 Å². The number of aldehydes is 1. The fourth-order valence-corrected chi connectivity index (χ4v) is 4.58. The summed E-state index contributed by atoms with van der Waals surface area (Å²) in [6.07, 6.45) is -10.0. The Morgan fingerprint density at radius 3 is 1.35 bits per heavy atom. The molecule has 46 heavy (non-hydrogen) atoms. The van der Waals surface area contributed by atoms with Gasteiger partial charge in [-0.15, -0.1) is 0 Å². The van der Waals surface area contributed by atoms with Crippen LogP contribution in [-0.2, 0) is 66.7 Å². The zero-order chi connectivity index (χ0) is 34.1. The summed E-state index contributed by atoms with van der Waals surface area (Å²) >= 11 is 0. The van der Waals surface area contributed by atoms with Gasteiger partial charge < -0.3 is 47.4 Å². The smallest absolute Gasteiger partial charge is 0.303 e. The number of hydrogen-bond acceptors (Lipinski definition) is 17. The first-order valence-corrected chi connectivity index (χ1v) is 13.9. The maximum absolute atomic E-state index is 12.0. The van der Waals surface area contributed by atoms with Gasteiger partial charge in [-0.05, 0) is 18.2 Å². The minimum absolute atomic E-state index is 0.104. The molecule has 0 spiro atoms. The zero-order valence-corrected chi connectivity index (χ0v) is 25.8. The second-order valence-corrected chi connectivity index (χ2v) is 10.0. The fourth-order valence-electron chi connectivity index (χ4n) is 4.58. The van der Waals surface area contributed by atoms with E-state index in [0.717, 1.165) is 41.5 Å². The molecule has 252 valence electrons. The van der Waals surface area contributed by atoms with Crippen LogP contribution in [0.25, 0.3) is 0 Å². The summed E-state index contributed by atoms with van der Waals surface area (Å²) in [4.78, 5) is 82.3. The molecule has 2 heterocycles. The van der Waals surface area contributed by atoms with E-state index < -0.39 is 91.6 Å². The second-order valence-electron chi connectivity index (χ2n) is 10.0. The Hall–Kier alpha value is -4.77. The molecule has 0 amide bonds. The number of benzene rings is 1. The van der Waals surface area contributed by atoms with Crippen LogP contribution in [0.4, 0.5) is 0 Å². The third kappa shape index (κ3) is 9.87. The van der Waals surface area contributed by atoms with Crippen molar-refractivity contribution in [2.75, 3.05) is 13.2 Å². The minimum atomic E-state index is -1.50. The zero-order valence-electron chi connectivity index (χ0n) is 25.8. The lowest BCUT2D eigenvalue weighted by Gasteiger charge is -2.26. The molecule has 2 saturated heterocycles. The molecule has 17 nitrogen and oxygen atoms in total. The number of esters is 6. The van der Waals surface area contributed by atoms with Gasteiger partial charge in [0.25, 0.3) is 0 Å². The largest absolute Gasteiger partial charge is 0.463 e. The van der Waals surface area contributed by atoms with Crippen molar-refractivity contribution in [3.63, 3.8) is 0 Å². The Kier molecular flexibility index (Phi) is 12.4. The SMILES string of the molecule is CC(=O)OC[C@H]1O[C@@H](Oc2cc(C=O)ccc2O[C@@H]2O[C@H](COC(C)=O)[C@@H](OC(C)=O)[C@H]2OC(C)=O)C(OC(C)=O)C1OC(C)=O. The molecule has 0 aromatic heterocycles. The topological polar surface area (TPSA) is 212 Å². The van der Waals surface area contributed by atoms with Gasteiger partial charge in [0.1, 0.15) is 31.7 Å². The Bertz CT molecular complexity index is 1320. The highest BCUT2D eigenvalue weighted by Gasteiger charge is 2.53. The van der Waals surface area contributed by atoms with Crippen LogP contribution in [0.2, 0.25) is 0 Å². The molecule has 8 atom stereocenters. The van der Waals surface area contributed by atoms with Gasteiger partial charge in [-0.2, -0.15) is 0 Å². The van der Waals surface area contributed by atoms with E-state index in [4.69, 9.17) is 47.4 Å². The van der Waals surface area contributed by atoms with E-state index in [0.29, 0.717) is 6.29 Å². The van der Waals surface area contributed by atoms with E-state index in [1.165, 1.54) is 18.2 Å². The number of hydrogen-bond donors (Lipinski definition) is 0. The molecule has 1 aromatic carbocycles. The molecule has 0 radical (unpaired) electrons. The molecule has 1 aromatic rings. The minimum Gasteiger partial charge on any atom is -0.463 e. The molecule has 0 bridgehead atoms. The summed E-state index contributed by atoms with van der Waals surface area (Å²) < 4.78 is 55.1. The number of carbonyl (C=O) groups is 7. The third-order valence-corrected chi connectivity index (χ3v) is 6.23. The van der Waals surface area contributed by atoms with Crippen LogP contribution in [0, 0.1) is 0 Å². The molecule has 2 unspecified atom stereocenters. The Labute approximate surface area is 262 Å².